The molecule has 0 unspecified atom stereocenters. The van der Waals surface area contributed by atoms with Crippen LogP contribution in [-0.2, 0) is 9.59 Å². The fourth-order valence-electron chi connectivity index (χ4n) is 0.109. The van der Waals surface area contributed by atoms with Gasteiger partial charge in [0.2, 0.25) is 10.5 Å². The second-order valence-corrected chi connectivity index (χ2v) is 2.24. The number of carbonyl (C=O) groups is 2. The summed E-state index contributed by atoms with van der Waals surface area (Å²) < 4.78 is 0. The van der Waals surface area contributed by atoms with Crippen molar-refractivity contribution in [1.29, 1.82) is 0 Å². The molecule has 0 bridgehead atoms. The maximum atomic E-state index is 9.71. The topological polar surface area (TPSA) is 80.4 Å². The molecule has 0 aromatic heterocycles. The molecule has 0 saturated carbocycles. The van der Waals surface area contributed by atoms with E-state index in [4.69, 9.17) is 34.0 Å². The Balaban J connectivity index is 0. The summed E-state index contributed by atoms with van der Waals surface area (Å²) >= 11 is 9.46. The summed E-state index contributed by atoms with van der Waals surface area (Å²) in [5, 5.41) is 6.31. The number of hydrogen-bond acceptors (Lipinski definition) is 4. The second-order valence-electron chi connectivity index (χ2n) is 1.40. The van der Waals surface area contributed by atoms with Crippen molar-refractivity contribution in [3.05, 3.63) is 0 Å². The third-order valence-electron chi connectivity index (χ3n) is 0.407. The Kier molecular flexibility index (Phi) is 12.0. The van der Waals surface area contributed by atoms with E-state index in [2.05, 4.69) is 0 Å². The Morgan fingerprint density at radius 1 is 1.27 bits per heavy atom. The summed E-state index contributed by atoms with van der Waals surface area (Å²) in [5.74, 6) is 0. The molecular weight excluding hydrogens is 193 g/mol. The summed E-state index contributed by atoms with van der Waals surface area (Å²) in [5.41, 5.74) is 4.78. The van der Waals surface area contributed by atoms with Crippen LogP contribution in [0, 0.1) is 0 Å². The molecule has 3 N–H and O–H groups in total. The number of halogens is 2. The highest BCUT2D eigenvalue weighted by Gasteiger charge is 2.00. The third-order valence-corrected chi connectivity index (χ3v) is 0.674. The lowest BCUT2D eigenvalue weighted by molar-refractivity contribution is -0.118. The van der Waals surface area contributed by atoms with Gasteiger partial charge in [-0.25, -0.2) is 0 Å². The van der Waals surface area contributed by atoms with Crippen LogP contribution in [0.3, 0.4) is 0 Å². The molecule has 0 amide bonds. The Labute approximate surface area is 74.3 Å². The second kappa shape index (κ2) is 9.84. The van der Waals surface area contributed by atoms with Gasteiger partial charge in [-0.15, -0.1) is 0 Å². The number of aliphatic hydroxyl groups is 1. The molecule has 0 aliphatic heterocycles. The van der Waals surface area contributed by atoms with Crippen molar-refractivity contribution in [2.24, 2.45) is 5.73 Å². The van der Waals surface area contributed by atoms with E-state index in [1.54, 1.807) is 0 Å². The zero-order chi connectivity index (χ0) is 9.28. The molecule has 66 valence electrons. The maximum Gasteiger partial charge on any atom is 0.230 e. The van der Waals surface area contributed by atoms with Crippen LogP contribution in [0.4, 0.5) is 0 Å². The fourth-order valence-corrected chi connectivity index (χ4v) is 0.420. The van der Waals surface area contributed by atoms with Crippen molar-refractivity contribution in [2.75, 3.05) is 13.2 Å². The molecule has 6 heteroatoms. The van der Waals surface area contributed by atoms with Gasteiger partial charge in [-0.1, -0.05) is 0 Å². The Morgan fingerprint density at radius 3 is 1.55 bits per heavy atom. The van der Waals surface area contributed by atoms with Crippen molar-refractivity contribution in [1.82, 2.24) is 0 Å². The van der Waals surface area contributed by atoms with Crippen LogP contribution < -0.4 is 5.73 Å². The first-order chi connectivity index (χ1) is 5.04. The number of rotatable bonds is 3. The van der Waals surface area contributed by atoms with Crippen LogP contribution in [0.25, 0.3) is 0 Å². The lowest BCUT2D eigenvalue weighted by Gasteiger charge is -1.76. The summed E-state index contributed by atoms with van der Waals surface area (Å²) in [6, 6.07) is 0. The van der Waals surface area contributed by atoms with E-state index < -0.39 is 10.5 Å². The van der Waals surface area contributed by atoms with Crippen LogP contribution in [0.2, 0.25) is 0 Å². The lowest BCUT2D eigenvalue weighted by Crippen LogP contribution is -2.02. The quantitative estimate of drug-likeness (QED) is 0.492. The van der Waals surface area contributed by atoms with E-state index in [0.29, 0.717) is 6.54 Å². The van der Waals surface area contributed by atoms with Gasteiger partial charge in [0, 0.05) is 6.54 Å². The SMILES string of the molecule is NCCO.O=C(Cl)CC(=O)Cl. The molecular formula is C5H9Cl2NO3. The smallest absolute Gasteiger partial charge is 0.230 e. The molecule has 0 saturated heterocycles. The predicted octanol–water partition coefficient (Wildman–Crippen LogP) is -0.155. The van der Waals surface area contributed by atoms with E-state index in [0.717, 1.165) is 0 Å². The van der Waals surface area contributed by atoms with Gasteiger partial charge < -0.3 is 10.8 Å². The number of hydrogen-bond donors (Lipinski definition) is 2. The monoisotopic (exact) mass is 201 g/mol. The summed E-state index contributed by atoms with van der Waals surface area (Å²) in [6.07, 6.45) is -0.386. The van der Waals surface area contributed by atoms with Gasteiger partial charge in [-0.2, -0.15) is 0 Å². The predicted molar refractivity (Wildman–Crippen MR) is 42.5 cm³/mol. The Hall–Kier alpha value is -0.160. The van der Waals surface area contributed by atoms with Gasteiger partial charge in [0.25, 0.3) is 0 Å². The zero-order valence-electron chi connectivity index (χ0n) is 5.72. The first-order valence-corrected chi connectivity index (χ1v) is 3.47. The molecule has 0 aliphatic carbocycles. The van der Waals surface area contributed by atoms with Crippen molar-refractivity contribution >= 4 is 33.7 Å². The maximum absolute atomic E-state index is 9.71. The van der Waals surface area contributed by atoms with Gasteiger partial charge in [0.15, 0.2) is 0 Å². The summed E-state index contributed by atoms with van der Waals surface area (Å²) in [4.78, 5) is 19.4. The Bertz CT molecular complexity index is 115. The average molecular weight is 202 g/mol. The molecule has 0 rings (SSSR count). The first kappa shape index (κ1) is 13.4. The van der Waals surface area contributed by atoms with Crippen molar-refractivity contribution in [3.63, 3.8) is 0 Å². The minimum absolute atomic E-state index is 0.0972. The van der Waals surface area contributed by atoms with E-state index >= 15 is 0 Å². The van der Waals surface area contributed by atoms with Gasteiger partial charge in [0.1, 0.15) is 0 Å². The molecule has 0 aliphatic rings. The van der Waals surface area contributed by atoms with Crippen LogP contribution in [0.15, 0.2) is 0 Å². The molecule has 0 aromatic rings. The van der Waals surface area contributed by atoms with Crippen LogP contribution in [0.1, 0.15) is 6.42 Å². The van der Waals surface area contributed by atoms with Crippen LogP contribution >= 0.6 is 23.2 Å². The van der Waals surface area contributed by atoms with Gasteiger partial charge in [-0.3, -0.25) is 9.59 Å². The van der Waals surface area contributed by atoms with Crippen molar-refractivity contribution in [3.8, 4) is 0 Å². The molecule has 0 atom stereocenters. The average Bonchev–Trinajstić information content (AvgIpc) is 1.85. The highest BCUT2D eigenvalue weighted by Crippen LogP contribution is 1.92. The van der Waals surface area contributed by atoms with Crippen LogP contribution in [-0.4, -0.2) is 28.7 Å². The van der Waals surface area contributed by atoms with E-state index in [1.165, 1.54) is 0 Å². The van der Waals surface area contributed by atoms with Gasteiger partial charge in [0.05, 0.1) is 13.0 Å². The molecule has 0 radical (unpaired) electrons. The van der Waals surface area contributed by atoms with Crippen LogP contribution in [0.5, 0.6) is 0 Å². The summed E-state index contributed by atoms with van der Waals surface area (Å²) in [6.45, 7) is 0.472. The first-order valence-electron chi connectivity index (χ1n) is 2.72. The minimum atomic E-state index is -0.722. The van der Waals surface area contributed by atoms with E-state index in [1.807, 2.05) is 0 Å². The lowest BCUT2D eigenvalue weighted by atomic mass is 10.5. The molecule has 0 spiro atoms. The number of carbonyl (C=O) groups excluding carboxylic acids is 2. The highest BCUT2D eigenvalue weighted by molar-refractivity contribution is 6.72. The number of nitrogens with two attached hydrogens (primary N) is 1. The number of aliphatic hydroxyl groups excluding tert-OH is 1. The van der Waals surface area contributed by atoms with Crippen molar-refractivity contribution < 1.29 is 14.7 Å². The normalized spacial score (nSPS) is 8.00. The molecule has 11 heavy (non-hydrogen) atoms. The van der Waals surface area contributed by atoms with Gasteiger partial charge >= 0.3 is 0 Å². The molecule has 0 fully saturated rings. The summed E-state index contributed by atoms with van der Waals surface area (Å²) in [7, 11) is 0. The molecule has 0 aromatic carbocycles. The molecule has 4 nitrogen and oxygen atoms in total. The fraction of sp³-hybridized carbons (Fsp3) is 0.600. The Morgan fingerprint density at radius 2 is 1.55 bits per heavy atom. The zero-order valence-corrected chi connectivity index (χ0v) is 7.23. The largest absolute Gasteiger partial charge is 0.395 e. The standard InChI is InChI=1S/C3H2Cl2O2.C2H7NO/c4-2(6)1-3(5)7;3-1-2-4/h1H2;4H,1-3H2. The van der Waals surface area contributed by atoms with Gasteiger partial charge in [-0.05, 0) is 23.2 Å². The molecule has 0 heterocycles. The minimum Gasteiger partial charge on any atom is -0.395 e. The third kappa shape index (κ3) is 25.8. The van der Waals surface area contributed by atoms with E-state index in [-0.39, 0.29) is 13.0 Å². The van der Waals surface area contributed by atoms with E-state index in [9.17, 15) is 9.59 Å². The van der Waals surface area contributed by atoms with Crippen molar-refractivity contribution in [2.45, 2.75) is 6.42 Å². The highest BCUT2D eigenvalue weighted by atomic mass is 35.5.